The van der Waals surface area contributed by atoms with E-state index >= 15 is 0 Å². The monoisotopic (exact) mass is 444 g/mol. The van der Waals surface area contributed by atoms with Crippen molar-refractivity contribution >= 4 is 22.6 Å². The van der Waals surface area contributed by atoms with Gasteiger partial charge in [-0.15, -0.1) is 0 Å². The molecule has 2 N–H and O–H groups in total. The summed E-state index contributed by atoms with van der Waals surface area (Å²) < 4.78 is 19.6. The summed E-state index contributed by atoms with van der Waals surface area (Å²) in [6, 6.07) is 22.4. The molecule has 0 unspecified atom stereocenters. The number of anilines is 1. The summed E-state index contributed by atoms with van der Waals surface area (Å²) in [5.74, 6) is -0.344. The molecule has 0 aliphatic carbocycles. The van der Waals surface area contributed by atoms with Gasteiger partial charge < -0.3 is 15.2 Å². The molecule has 4 rings (SSSR count). The van der Waals surface area contributed by atoms with Gasteiger partial charge in [0, 0.05) is 35.2 Å². The van der Waals surface area contributed by atoms with Gasteiger partial charge in [0.1, 0.15) is 11.6 Å². The average molecular weight is 445 g/mol. The third-order valence-electron chi connectivity index (χ3n) is 5.33. The molecule has 6 heteroatoms. The fourth-order valence-corrected chi connectivity index (χ4v) is 3.76. The van der Waals surface area contributed by atoms with Crippen LogP contribution < -0.4 is 10.1 Å². The van der Waals surface area contributed by atoms with E-state index in [1.807, 2.05) is 61.5 Å². The van der Waals surface area contributed by atoms with Crippen LogP contribution >= 0.6 is 0 Å². The van der Waals surface area contributed by atoms with Crippen LogP contribution in [0.2, 0.25) is 0 Å². The number of benzene rings is 3. The molecule has 0 radical (unpaired) electrons. The smallest absolute Gasteiger partial charge is 0.303 e. The van der Waals surface area contributed by atoms with E-state index in [2.05, 4.69) is 5.32 Å². The Hall–Kier alpha value is -3.93. The SMILES string of the molecule is CCOc1ccccc1-c1ccc(-c2cc(NCCCC(=O)O)c3cc(F)ccc3n2)cc1. The van der Waals surface area contributed by atoms with Crippen LogP contribution in [0.4, 0.5) is 10.1 Å². The molecule has 0 atom stereocenters. The fraction of sp³-hybridized carbons (Fsp3) is 0.185. The Bertz CT molecular complexity index is 1270. The van der Waals surface area contributed by atoms with Crippen LogP contribution in [-0.4, -0.2) is 29.2 Å². The number of pyridine rings is 1. The fourth-order valence-electron chi connectivity index (χ4n) is 3.76. The topological polar surface area (TPSA) is 71.5 Å². The molecule has 0 saturated carbocycles. The lowest BCUT2D eigenvalue weighted by Gasteiger charge is -2.13. The first-order valence-electron chi connectivity index (χ1n) is 10.9. The summed E-state index contributed by atoms with van der Waals surface area (Å²) in [5, 5.41) is 12.8. The number of para-hydroxylation sites is 1. The molecule has 0 amide bonds. The molecule has 0 fully saturated rings. The number of halogens is 1. The van der Waals surface area contributed by atoms with E-state index in [1.54, 1.807) is 6.07 Å². The first-order chi connectivity index (χ1) is 16.0. The van der Waals surface area contributed by atoms with Crippen molar-refractivity contribution in [2.45, 2.75) is 19.8 Å². The maximum absolute atomic E-state index is 13.9. The lowest BCUT2D eigenvalue weighted by atomic mass is 10.0. The van der Waals surface area contributed by atoms with Gasteiger partial charge in [-0.3, -0.25) is 4.79 Å². The van der Waals surface area contributed by atoms with Gasteiger partial charge in [0.05, 0.1) is 17.8 Å². The second-order valence-corrected chi connectivity index (χ2v) is 7.65. The van der Waals surface area contributed by atoms with Gasteiger partial charge in [-0.1, -0.05) is 42.5 Å². The quantitative estimate of drug-likeness (QED) is 0.293. The zero-order valence-corrected chi connectivity index (χ0v) is 18.3. The van der Waals surface area contributed by atoms with Crippen LogP contribution in [0.1, 0.15) is 19.8 Å². The summed E-state index contributed by atoms with van der Waals surface area (Å²) >= 11 is 0. The molecule has 3 aromatic carbocycles. The molecule has 1 aromatic heterocycles. The van der Waals surface area contributed by atoms with E-state index < -0.39 is 5.97 Å². The van der Waals surface area contributed by atoms with Crippen LogP contribution in [-0.2, 0) is 4.79 Å². The highest BCUT2D eigenvalue weighted by molar-refractivity contribution is 5.94. The van der Waals surface area contributed by atoms with Crippen molar-refractivity contribution in [1.29, 1.82) is 0 Å². The number of hydrogen-bond donors (Lipinski definition) is 2. The van der Waals surface area contributed by atoms with Crippen LogP contribution in [0.25, 0.3) is 33.3 Å². The number of carbonyl (C=O) groups is 1. The van der Waals surface area contributed by atoms with Crippen molar-refractivity contribution in [2.75, 3.05) is 18.5 Å². The van der Waals surface area contributed by atoms with E-state index in [9.17, 15) is 9.18 Å². The Labute approximate surface area is 191 Å². The largest absolute Gasteiger partial charge is 0.493 e. The highest BCUT2D eigenvalue weighted by Gasteiger charge is 2.11. The van der Waals surface area contributed by atoms with E-state index in [1.165, 1.54) is 12.1 Å². The number of nitrogens with one attached hydrogen (secondary N) is 1. The van der Waals surface area contributed by atoms with Gasteiger partial charge in [0.25, 0.3) is 0 Å². The van der Waals surface area contributed by atoms with Gasteiger partial charge >= 0.3 is 5.97 Å². The summed E-state index contributed by atoms with van der Waals surface area (Å²) in [6.45, 7) is 3.03. The van der Waals surface area contributed by atoms with Gasteiger partial charge in [-0.2, -0.15) is 0 Å². The molecule has 33 heavy (non-hydrogen) atoms. The molecule has 0 aliphatic rings. The molecular formula is C27H25FN2O3. The number of aromatic nitrogens is 1. The minimum atomic E-state index is -0.839. The van der Waals surface area contributed by atoms with E-state index in [0.29, 0.717) is 30.5 Å². The molecule has 0 aliphatic heterocycles. The predicted octanol–water partition coefficient (Wildman–Crippen LogP) is 6.38. The summed E-state index contributed by atoms with van der Waals surface area (Å²) in [7, 11) is 0. The van der Waals surface area contributed by atoms with E-state index in [4.69, 9.17) is 14.8 Å². The number of aliphatic carboxylic acids is 1. The van der Waals surface area contributed by atoms with Gasteiger partial charge in [-0.25, -0.2) is 9.37 Å². The summed E-state index contributed by atoms with van der Waals surface area (Å²) in [6.07, 6.45) is 0.541. The van der Waals surface area contributed by atoms with Crippen molar-refractivity contribution in [2.24, 2.45) is 0 Å². The van der Waals surface area contributed by atoms with E-state index in [-0.39, 0.29) is 12.2 Å². The number of ether oxygens (including phenoxy) is 1. The normalized spacial score (nSPS) is 10.8. The summed E-state index contributed by atoms with van der Waals surface area (Å²) in [5.41, 5.74) is 5.13. The summed E-state index contributed by atoms with van der Waals surface area (Å²) in [4.78, 5) is 15.5. The second-order valence-electron chi connectivity index (χ2n) is 7.65. The highest BCUT2D eigenvalue weighted by Crippen LogP contribution is 2.33. The number of carboxylic acid groups (broad SMARTS) is 1. The van der Waals surface area contributed by atoms with Crippen LogP contribution in [0, 0.1) is 5.82 Å². The third-order valence-corrected chi connectivity index (χ3v) is 5.33. The Morgan fingerprint density at radius 3 is 2.55 bits per heavy atom. The number of fused-ring (bicyclic) bond motifs is 1. The van der Waals surface area contributed by atoms with Crippen molar-refractivity contribution in [3.05, 3.63) is 78.6 Å². The average Bonchev–Trinajstić information content (AvgIpc) is 2.82. The minimum absolute atomic E-state index is 0.0713. The van der Waals surface area contributed by atoms with E-state index in [0.717, 1.165) is 33.8 Å². The highest BCUT2D eigenvalue weighted by atomic mass is 19.1. The molecule has 168 valence electrons. The van der Waals surface area contributed by atoms with Crippen LogP contribution in [0.5, 0.6) is 5.75 Å². The first kappa shape index (κ1) is 22.3. The van der Waals surface area contributed by atoms with Crippen molar-refractivity contribution in [1.82, 2.24) is 4.98 Å². The molecule has 0 saturated heterocycles. The Morgan fingerprint density at radius 1 is 1.03 bits per heavy atom. The number of carboxylic acids is 1. The standard InChI is InChI=1S/C27H25FN2O3/c1-2-33-26-7-4-3-6-21(26)18-9-11-19(12-10-18)24-17-25(29-15-5-8-27(31)32)22-16-20(28)13-14-23(22)30-24/h3-4,6-7,9-14,16-17H,2,5,8,15H2,1H3,(H,29,30)(H,31,32). The number of nitrogens with zero attached hydrogens (tertiary/aromatic N) is 1. The Balaban J connectivity index is 1.66. The molecule has 1 heterocycles. The first-order valence-corrected chi connectivity index (χ1v) is 10.9. The zero-order chi connectivity index (χ0) is 23.2. The van der Waals surface area contributed by atoms with Gasteiger partial charge in [-0.05, 0) is 49.2 Å². The number of rotatable bonds is 9. The molecular weight excluding hydrogens is 419 g/mol. The minimum Gasteiger partial charge on any atom is -0.493 e. The predicted molar refractivity (Wildman–Crippen MR) is 129 cm³/mol. The maximum atomic E-state index is 13.9. The van der Waals surface area contributed by atoms with Crippen molar-refractivity contribution in [3.63, 3.8) is 0 Å². The Kier molecular flexibility index (Phi) is 6.83. The lowest BCUT2D eigenvalue weighted by molar-refractivity contribution is -0.137. The third kappa shape index (κ3) is 5.29. The van der Waals surface area contributed by atoms with Gasteiger partial charge in [0.15, 0.2) is 0 Å². The molecule has 5 nitrogen and oxygen atoms in total. The molecule has 0 bridgehead atoms. The second kappa shape index (κ2) is 10.1. The lowest BCUT2D eigenvalue weighted by Crippen LogP contribution is -2.06. The van der Waals surface area contributed by atoms with Crippen molar-refractivity contribution in [3.8, 4) is 28.1 Å². The zero-order valence-electron chi connectivity index (χ0n) is 18.3. The van der Waals surface area contributed by atoms with Crippen LogP contribution in [0.15, 0.2) is 72.8 Å². The Morgan fingerprint density at radius 2 is 1.79 bits per heavy atom. The van der Waals surface area contributed by atoms with Crippen LogP contribution in [0.3, 0.4) is 0 Å². The van der Waals surface area contributed by atoms with Crippen molar-refractivity contribution < 1.29 is 19.0 Å². The molecule has 0 spiro atoms. The molecule has 4 aromatic rings. The maximum Gasteiger partial charge on any atom is 0.303 e. The number of hydrogen-bond acceptors (Lipinski definition) is 4. The van der Waals surface area contributed by atoms with Gasteiger partial charge in [0.2, 0.25) is 0 Å².